The zero-order valence-electron chi connectivity index (χ0n) is 10.9. The second-order valence-electron chi connectivity index (χ2n) is 4.73. The lowest BCUT2D eigenvalue weighted by Gasteiger charge is -2.08. The van der Waals surface area contributed by atoms with Crippen LogP contribution in [-0.4, -0.2) is 19.8 Å². The van der Waals surface area contributed by atoms with Crippen LogP contribution < -0.4 is 5.32 Å². The number of ether oxygens (including phenoxy) is 1. The fourth-order valence-corrected chi connectivity index (χ4v) is 1.51. The predicted molar refractivity (Wildman–Crippen MR) is 68.5 cm³/mol. The molecule has 0 fully saturated rings. The molecule has 0 radical (unpaired) electrons. The molecule has 1 N–H and O–H groups in total. The van der Waals surface area contributed by atoms with Gasteiger partial charge in [0.25, 0.3) is 0 Å². The van der Waals surface area contributed by atoms with E-state index in [1.807, 2.05) is 12.1 Å². The first-order valence-corrected chi connectivity index (χ1v) is 6.13. The minimum Gasteiger partial charge on any atom is -0.380 e. The van der Waals surface area contributed by atoms with E-state index < -0.39 is 0 Å². The molecule has 0 spiro atoms. The fourth-order valence-electron chi connectivity index (χ4n) is 1.51. The molecular weight excluding hydrogens is 217 g/mol. The van der Waals surface area contributed by atoms with Gasteiger partial charge in [0.1, 0.15) is 5.82 Å². The van der Waals surface area contributed by atoms with Crippen molar-refractivity contribution < 1.29 is 9.13 Å². The number of halogens is 1. The lowest BCUT2D eigenvalue weighted by molar-refractivity contribution is 0.111. The molecule has 2 nitrogen and oxygen atoms in total. The molecule has 0 aliphatic carbocycles. The van der Waals surface area contributed by atoms with Gasteiger partial charge in [-0.1, -0.05) is 26.0 Å². The van der Waals surface area contributed by atoms with Crippen molar-refractivity contribution in [1.82, 2.24) is 5.32 Å². The van der Waals surface area contributed by atoms with Crippen LogP contribution in [0.5, 0.6) is 0 Å². The summed E-state index contributed by atoms with van der Waals surface area (Å²) in [7, 11) is 0. The van der Waals surface area contributed by atoms with Gasteiger partial charge in [0, 0.05) is 19.7 Å². The molecule has 3 heteroatoms. The standard InChI is InChI=1S/C14H22FNO/c1-11(2)10-17-7-6-16-9-13-4-5-14(15)12(3)8-13/h4-5,8,11,16H,6-7,9-10H2,1-3H3. The molecule has 0 heterocycles. The van der Waals surface area contributed by atoms with E-state index in [-0.39, 0.29) is 5.82 Å². The average molecular weight is 239 g/mol. The lowest BCUT2D eigenvalue weighted by Crippen LogP contribution is -2.20. The Kier molecular flexibility index (Phi) is 6.16. The molecule has 0 amide bonds. The predicted octanol–water partition coefficient (Wildman–Crippen LogP) is 2.90. The summed E-state index contributed by atoms with van der Waals surface area (Å²) in [6.45, 7) is 9.15. The van der Waals surface area contributed by atoms with Gasteiger partial charge < -0.3 is 10.1 Å². The Morgan fingerprint density at radius 3 is 2.76 bits per heavy atom. The summed E-state index contributed by atoms with van der Waals surface area (Å²) in [6, 6.07) is 5.20. The Balaban J connectivity index is 2.16. The fraction of sp³-hybridized carbons (Fsp3) is 0.571. The molecule has 0 aromatic heterocycles. The van der Waals surface area contributed by atoms with Gasteiger partial charge in [-0.25, -0.2) is 4.39 Å². The molecule has 1 rings (SSSR count). The highest BCUT2D eigenvalue weighted by molar-refractivity contribution is 5.23. The Bertz CT molecular complexity index is 339. The topological polar surface area (TPSA) is 21.3 Å². The third-order valence-electron chi connectivity index (χ3n) is 2.43. The van der Waals surface area contributed by atoms with Crippen LogP contribution in [0.1, 0.15) is 25.0 Å². The molecule has 17 heavy (non-hydrogen) atoms. The van der Waals surface area contributed by atoms with Crippen LogP contribution >= 0.6 is 0 Å². The maximum atomic E-state index is 13.0. The number of aryl methyl sites for hydroxylation is 1. The minimum absolute atomic E-state index is 0.144. The largest absolute Gasteiger partial charge is 0.380 e. The zero-order valence-corrected chi connectivity index (χ0v) is 10.9. The average Bonchev–Trinajstić information content (AvgIpc) is 2.27. The van der Waals surface area contributed by atoms with E-state index in [1.165, 1.54) is 6.07 Å². The van der Waals surface area contributed by atoms with E-state index in [0.29, 0.717) is 11.5 Å². The Morgan fingerprint density at radius 1 is 1.35 bits per heavy atom. The highest BCUT2D eigenvalue weighted by Crippen LogP contribution is 2.08. The van der Waals surface area contributed by atoms with Gasteiger partial charge in [-0.2, -0.15) is 0 Å². The lowest BCUT2D eigenvalue weighted by atomic mass is 10.1. The maximum absolute atomic E-state index is 13.0. The first kappa shape index (κ1) is 14.1. The van der Waals surface area contributed by atoms with Crippen LogP contribution in [-0.2, 0) is 11.3 Å². The van der Waals surface area contributed by atoms with Crippen LogP contribution in [0, 0.1) is 18.7 Å². The summed E-state index contributed by atoms with van der Waals surface area (Å²) >= 11 is 0. The monoisotopic (exact) mass is 239 g/mol. The van der Waals surface area contributed by atoms with Crippen molar-refractivity contribution in [3.63, 3.8) is 0 Å². The van der Waals surface area contributed by atoms with E-state index in [0.717, 1.165) is 31.9 Å². The molecule has 1 aromatic rings. The van der Waals surface area contributed by atoms with E-state index in [1.54, 1.807) is 6.92 Å². The van der Waals surface area contributed by atoms with Crippen LogP contribution in [0.25, 0.3) is 0 Å². The molecule has 1 aromatic carbocycles. The molecule has 0 unspecified atom stereocenters. The molecule has 0 atom stereocenters. The Labute approximate surface area is 103 Å². The van der Waals surface area contributed by atoms with Crippen LogP contribution in [0.4, 0.5) is 4.39 Å². The summed E-state index contributed by atoms with van der Waals surface area (Å²) in [4.78, 5) is 0. The second kappa shape index (κ2) is 7.41. The number of nitrogens with one attached hydrogen (secondary N) is 1. The molecule has 0 saturated heterocycles. The molecule has 0 bridgehead atoms. The summed E-state index contributed by atoms with van der Waals surface area (Å²) in [6.07, 6.45) is 0. The third kappa shape index (κ3) is 5.80. The number of rotatable bonds is 7. The molecule has 96 valence electrons. The number of hydrogen-bond donors (Lipinski definition) is 1. The van der Waals surface area contributed by atoms with Gasteiger partial charge >= 0.3 is 0 Å². The van der Waals surface area contributed by atoms with Crippen molar-refractivity contribution in [2.75, 3.05) is 19.8 Å². The highest BCUT2D eigenvalue weighted by Gasteiger charge is 1.99. The summed E-state index contributed by atoms with van der Waals surface area (Å²) < 4.78 is 18.5. The number of benzene rings is 1. The Hall–Kier alpha value is -0.930. The highest BCUT2D eigenvalue weighted by atomic mass is 19.1. The molecule has 0 aliphatic heterocycles. The normalized spacial score (nSPS) is 11.1. The summed E-state index contributed by atoms with van der Waals surface area (Å²) in [5, 5.41) is 3.27. The van der Waals surface area contributed by atoms with Crippen LogP contribution in [0.3, 0.4) is 0 Å². The van der Waals surface area contributed by atoms with Gasteiger partial charge in [-0.15, -0.1) is 0 Å². The third-order valence-corrected chi connectivity index (χ3v) is 2.43. The first-order chi connectivity index (χ1) is 8.09. The van der Waals surface area contributed by atoms with Crippen molar-refractivity contribution in [2.24, 2.45) is 5.92 Å². The molecular formula is C14H22FNO. The number of hydrogen-bond acceptors (Lipinski definition) is 2. The Morgan fingerprint density at radius 2 is 2.12 bits per heavy atom. The van der Waals surface area contributed by atoms with Crippen molar-refractivity contribution in [3.05, 3.63) is 35.1 Å². The van der Waals surface area contributed by atoms with E-state index in [4.69, 9.17) is 4.74 Å². The van der Waals surface area contributed by atoms with E-state index in [9.17, 15) is 4.39 Å². The van der Waals surface area contributed by atoms with Gasteiger partial charge in [-0.3, -0.25) is 0 Å². The van der Waals surface area contributed by atoms with Crippen molar-refractivity contribution >= 4 is 0 Å². The van der Waals surface area contributed by atoms with Crippen molar-refractivity contribution in [2.45, 2.75) is 27.3 Å². The second-order valence-corrected chi connectivity index (χ2v) is 4.73. The van der Waals surface area contributed by atoms with Crippen molar-refractivity contribution in [3.8, 4) is 0 Å². The smallest absolute Gasteiger partial charge is 0.126 e. The SMILES string of the molecule is Cc1cc(CNCCOCC(C)C)ccc1F. The van der Waals surface area contributed by atoms with Crippen molar-refractivity contribution in [1.29, 1.82) is 0 Å². The summed E-state index contributed by atoms with van der Waals surface area (Å²) in [5.74, 6) is 0.434. The molecule has 0 aliphatic rings. The van der Waals surface area contributed by atoms with E-state index in [2.05, 4.69) is 19.2 Å². The zero-order chi connectivity index (χ0) is 12.7. The minimum atomic E-state index is -0.144. The van der Waals surface area contributed by atoms with Gasteiger partial charge in [0.2, 0.25) is 0 Å². The quantitative estimate of drug-likeness (QED) is 0.739. The maximum Gasteiger partial charge on any atom is 0.126 e. The van der Waals surface area contributed by atoms with Crippen LogP contribution in [0.15, 0.2) is 18.2 Å². The van der Waals surface area contributed by atoms with Gasteiger partial charge in [-0.05, 0) is 30.0 Å². The van der Waals surface area contributed by atoms with Gasteiger partial charge in [0.05, 0.1) is 6.61 Å². The summed E-state index contributed by atoms with van der Waals surface area (Å²) in [5.41, 5.74) is 1.80. The van der Waals surface area contributed by atoms with Crippen LogP contribution in [0.2, 0.25) is 0 Å². The molecule has 0 saturated carbocycles. The van der Waals surface area contributed by atoms with E-state index >= 15 is 0 Å². The van der Waals surface area contributed by atoms with Gasteiger partial charge in [0.15, 0.2) is 0 Å². The first-order valence-electron chi connectivity index (χ1n) is 6.13.